The van der Waals surface area contributed by atoms with Crippen LogP contribution in [0.2, 0.25) is 0 Å². The molecule has 3 N–H and O–H groups in total. The monoisotopic (exact) mass is 460 g/mol. The number of benzene rings is 2. The van der Waals surface area contributed by atoms with Crippen LogP contribution in [0.1, 0.15) is 34.0 Å². The van der Waals surface area contributed by atoms with Gasteiger partial charge < -0.3 is 20.1 Å². The van der Waals surface area contributed by atoms with Crippen LogP contribution >= 0.6 is 0 Å². The smallest absolute Gasteiger partial charge is 0.323 e. The van der Waals surface area contributed by atoms with E-state index in [1.165, 1.54) is 12.0 Å². The fourth-order valence-electron chi connectivity index (χ4n) is 3.97. The Balaban J connectivity index is 1.56. The van der Waals surface area contributed by atoms with E-state index in [9.17, 15) is 14.4 Å². The summed E-state index contributed by atoms with van der Waals surface area (Å²) in [6, 6.07) is 12.0. The third-order valence-corrected chi connectivity index (χ3v) is 5.74. The first-order valence-corrected chi connectivity index (χ1v) is 10.7. The van der Waals surface area contributed by atoms with Gasteiger partial charge in [-0.25, -0.2) is 4.79 Å². The van der Waals surface area contributed by atoms with Crippen molar-refractivity contribution < 1.29 is 24.2 Å². The zero-order chi connectivity index (χ0) is 24.3. The molecule has 0 aliphatic carbocycles. The summed E-state index contributed by atoms with van der Waals surface area (Å²) in [6.45, 7) is 1.79. The summed E-state index contributed by atoms with van der Waals surface area (Å²) in [4.78, 5) is 43.2. The lowest BCUT2D eigenvalue weighted by molar-refractivity contribution is -0.122. The Bertz CT molecular complexity index is 1240. The molecule has 1 fully saturated rings. The van der Waals surface area contributed by atoms with E-state index in [0.29, 0.717) is 29.8 Å². The maximum atomic E-state index is 13.0. The van der Waals surface area contributed by atoms with Crippen LogP contribution in [0.4, 0.5) is 4.79 Å². The molecule has 174 valence electrons. The zero-order valence-electron chi connectivity index (χ0n) is 18.8. The minimum Gasteiger partial charge on any atom is -0.497 e. The lowest BCUT2D eigenvalue weighted by atomic mass is 9.98. The summed E-state index contributed by atoms with van der Waals surface area (Å²) in [7, 11) is 1.53. The van der Waals surface area contributed by atoms with Crippen LogP contribution in [0, 0.1) is 11.8 Å². The van der Waals surface area contributed by atoms with Gasteiger partial charge in [-0.3, -0.25) is 19.9 Å². The molecule has 9 nitrogen and oxygen atoms in total. The lowest BCUT2D eigenvalue weighted by Gasteiger charge is -2.26. The number of imide groups is 1. The van der Waals surface area contributed by atoms with Gasteiger partial charge in [-0.15, -0.1) is 0 Å². The number of rotatable bonds is 6. The molecular weight excluding hydrogens is 436 g/mol. The summed E-state index contributed by atoms with van der Waals surface area (Å²) in [5.41, 5.74) is 2.20. The van der Waals surface area contributed by atoms with E-state index < -0.39 is 17.5 Å². The molecule has 34 heavy (non-hydrogen) atoms. The van der Waals surface area contributed by atoms with Gasteiger partial charge in [0.05, 0.1) is 13.7 Å². The summed E-state index contributed by atoms with van der Waals surface area (Å²) >= 11 is 0. The molecule has 0 unspecified atom stereocenters. The number of ether oxygens (including phenoxy) is 1. The molecule has 4 rings (SSSR count). The van der Waals surface area contributed by atoms with Crippen molar-refractivity contribution in [2.75, 3.05) is 20.4 Å². The summed E-state index contributed by atoms with van der Waals surface area (Å²) in [6.07, 6.45) is 0.596. The number of aliphatic hydroxyl groups excluding tert-OH is 1. The van der Waals surface area contributed by atoms with E-state index in [1.54, 1.807) is 24.3 Å². The standard InChI is InChI=1S/C25H24N4O5/c1-16(26-15-30)11-18-5-3-17(4-6-18)9-10-25(23(32)27-24(33)28-25)14-29-13-19-7-8-20(34-2)12-21(19)22(29)31/h3-8,12,30H,11,13-15H2,1-2H3,(H2,27,28,32,33)/t25-/m1/s1. The number of urea groups is 1. The third-order valence-electron chi connectivity index (χ3n) is 5.74. The van der Waals surface area contributed by atoms with Crippen molar-refractivity contribution in [3.63, 3.8) is 0 Å². The predicted octanol–water partition coefficient (Wildman–Crippen LogP) is 1.23. The number of nitrogens with zero attached hydrogens (tertiary/aromatic N) is 2. The number of fused-ring (bicyclic) bond motifs is 1. The summed E-state index contributed by atoms with van der Waals surface area (Å²) in [5.74, 6) is 5.57. The molecule has 0 spiro atoms. The Labute approximate surface area is 196 Å². The highest BCUT2D eigenvalue weighted by Crippen LogP contribution is 2.28. The van der Waals surface area contributed by atoms with Gasteiger partial charge in [0.1, 0.15) is 12.5 Å². The Morgan fingerprint density at radius 1 is 1.21 bits per heavy atom. The average molecular weight is 460 g/mol. The molecule has 2 aliphatic rings. The van der Waals surface area contributed by atoms with Crippen LogP contribution in [-0.2, 0) is 17.8 Å². The molecule has 2 aromatic rings. The first-order chi connectivity index (χ1) is 16.3. The van der Waals surface area contributed by atoms with Crippen LogP contribution in [0.5, 0.6) is 5.75 Å². The highest BCUT2D eigenvalue weighted by molar-refractivity contribution is 6.10. The molecule has 2 heterocycles. The van der Waals surface area contributed by atoms with Crippen LogP contribution in [0.3, 0.4) is 0 Å². The van der Waals surface area contributed by atoms with Gasteiger partial charge in [-0.1, -0.05) is 30.0 Å². The Hall–Kier alpha value is -4.16. The molecule has 4 amide bonds. The number of hydrogen-bond donors (Lipinski definition) is 3. The number of hydrogen-bond acceptors (Lipinski definition) is 6. The highest BCUT2D eigenvalue weighted by atomic mass is 16.5. The number of amides is 4. The Morgan fingerprint density at radius 2 is 1.97 bits per heavy atom. The minimum absolute atomic E-state index is 0.0949. The number of aliphatic imine (C=N–C) groups is 1. The normalized spacial score (nSPS) is 19.3. The van der Waals surface area contributed by atoms with Crippen LogP contribution in [0.25, 0.3) is 0 Å². The van der Waals surface area contributed by atoms with Gasteiger partial charge >= 0.3 is 6.03 Å². The molecule has 1 saturated heterocycles. The topological polar surface area (TPSA) is 120 Å². The highest BCUT2D eigenvalue weighted by Gasteiger charge is 2.48. The molecule has 0 radical (unpaired) electrons. The van der Waals surface area contributed by atoms with Gasteiger partial charge in [0.15, 0.2) is 0 Å². The number of aliphatic hydroxyl groups is 1. The van der Waals surface area contributed by atoms with Crippen molar-refractivity contribution >= 4 is 23.6 Å². The van der Waals surface area contributed by atoms with Crippen LogP contribution in [0.15, 0.2) is 47.5 Å². The molecule has 0 saturated carbocycles. The average Bonchev–Trinajstić information content (AvgIpc) is 3.28. The predicted molar refractivity (Wildman–Crippen MR) is 124 cm³/mol. The van der Waals surface area contributed by atoms with E-state index in [1.807, 2.05) is 25.1 Å². The van der Waals surface area contributed by atoms with Crippen LogP contribution in [-0.4, -0.2) is 59.5 Å². The SMILES string of the molecule is COc1ccc2c(c1)C(=O)N(C[C@@]1(C#Cc3ccc(CC(C)=NCO)cc3)NC(=O)NC1=O)C2. The van der Waals surface area contributed by atoms with Gasteiger partial charge in [-0.2, -0.15) is 0 Å². The lowest BCUT2D eigenvalue weighted by Crippen LogP contribution is -2.54. The van der Waals surface area contributed by atoms with Crippen molar-refractivity contribution in [3.8, 4) is 17.6 Å². The zero-order valence-corrected chi connectivity index (χ0v) is 18.8. The van der Waals surface area contributed by atoms with E-state index >= 15 is 0 Å². The first-order valence-electron chi connectivity index (χ1n) is 10.7. The third kappa shape index (κ3) is 4.63. The summed E-state index contributed by atoms with van der Waals surface area (Å²) in [5, 5.41) is 13.7. The van der Waals surface area contributed by atoms with E-state index in [0.717, 1.165) is 16.8 Å². The van der Waals surface area contributed by atoms with Crippen molar-refractivity contribution in [1.29, 1.82) is 0 Å². The van der Waals surface area contributed by atoms with Gasteiger partial charge in [-0.05, 0) is 42.3 Å². The second-order valence-corrected chi connectivity index (χ2v) is 8.16. The number of carbonyl (C=O) groups is 3. The molecule has 0 aromatic heterocycles. The largest absolute Gasteiger partial charge is 0.497 e. The van der Waals surface area contributed by atoms with E-state index in [-0.39, 0.29) is 19.2 Å². The number of nitrogens with one attached hydrogen (secondary N) is 2. The second-order valence-electron chi connectivity index (χ2n) is 8.16. The molecular formula is C25H24N4O5. The van der Waals surface area contributed by atoms with Crippen molar-refractivity contribution in [3.05, 3.63) is 64.7 Å². The van der Waals surface area contributed by atoms with Gasteiger partial charge in [0.2, 0.25) is 5.54 Å². The number of carbonyl (C=O) groups excluding carboxylic acids is 3. The Kier molecular flexibility index (Phi) is 6.34. The molecule has 2 aromatic carbocycles. The second kappa shape index (κ2) is 9.37. The van der Waals surface area contributed by atoms with E-state index in [4.69, 9.17) is 9.84 Å². The molecule has 1 atom stereocenters. The Morgan fingerprint density at radius 3 is 2.62 bits per heavy atom. The maximum absolute atomic E-state index is 13.0. The van der Waals surface area contributed by atoms with E-state index in [2.05, 4.69) is 27.5 Å². The van der Waals surface area contributed by atoms with Crippen molar-refractivity contribution in [2.24, 2.45) is 4.99 Å². The first kappa shape index (κ1) is 23.0. The van der Waals surface area contributed by atoms with Crippen LogP contribution < -0.4 is 15.4 Å². The fourth-order valence-corrected chi connectivity index (χ4v) is 3.97. The maximum Gasteiger partial charge on any atom is 0.323 e. The van der Waals surface area contributed by atoms with Crippen molar-refractivity contribution in [1.82, 2.24) is 15.5 Å². The van der Waals surface area contributed by atoms with Gasteiger partial charge in [0.25, 0.3) is 11.8 Å². The molecule has 2 aliphatic heterocycles. The number of methoxy groups -OCH3 is 1. The quantitative estimate of drug-likeness (QED) is 0.340. The van der Waals surface area contributed by atoms with Crippen molar-refractivity contribution in [2.45, 2.75) is 25.4 Å². The van der Waals surface area contributed by atoms with Gasteiger partial charge in [0, 0.05) is 29.8 Å². The fraction of sp³-hybridized carbons (Fsp3) is 0.280. The minimum atomic E-state index is -1.57. The molecule has 9 heteroatoms. The molecule has 0 bridgehead atoms. The summed E-state index contributed by atoms with van der Waals surface area (Å²) < 4.78 is 5.20.